The zero-order chi connectivity index (χ0) is 12.1. The van der Waals surface area contributed by atoms with Crippen LogP contribution in [0.25, 0.3) is 10.1 Å². The van der Waals surface area contributed by atoms with E-state index in [0.717, 1.165) is 12.6 Å². The Labute approximate surface area is 103 Å². The maximum absolute atomic E-state index is 10.3. The molecule has 0 unspecified atom stereocenters. The van der Waals surface area contributed by atoms with Crippen molar-refractivity contribution in [1.29, 1.82) is 0 Å². The van der Waals surface area contributed by atoms with Gasteiger partial charge in [0, 0.05) is 23.9 Å². The van der Waals surface area contributed by atoms with Gasteiger partial charge in [0.25, 0.3) is 0 Å². The molecule has 0 bridgehead atoms. The van der Waals surface area contributed by atoms with Crippen LogP contribution in [0.1, 0.15) is 5.56 Å². The Bertz CT molecular complexity index is 545. The van der Waals surface area contributed by atoms with Crippen molar-refractivity contribution in [2.45, 2.75) is 6.54 Å². The minimum Gasteiger partial charge on any atom is -0.478 e. The third-order valence-electron chi connectivity index (χ3n) is 2.40. The molecule has 2 N–H and O–H groups in total. The van der Waals surface area contributed by atoms with Gasteiger partial charge in [-0.05, 0) is 22.4 Å². The molecule has 0 saturated carbocycles. The third kappa shape index (κ3) is 3.15. The number of fused-ring (bicyclic) bond motifs is 1. The molecular formula is C13H13NO2S. The molecule has 0 saturated heterocycles. The summed E-state index contributed by atoms with van der Waals surface area (Å²) in [5, 5.41) is 15.0. The fourth-order valence-corrected chi connectivity index (χ4v) is 2.58. The van der Waals surface area contributed by atoms with Gasteiger partial charge >= 0.3 is 5.97 Å². The summed E-state index contributed by atoms with van der Waals surface area (Å²) < 4.78 is 1.28. The van der Waals surface area contributed by atoms with Crippen LogP contribution < -0.4 is 5.32 Å². The van der Waals surface area contributed by atoms with Crippen LogP contribution in [0.2, 0.25) is 0 Å². The van der Waals surface area contributed by atoms with Crippen molar-refractivity contribution < 1.29 is 9.90 Å². The molecule has 3 nitrogen and oxygen atoms in total. The van der Waals surface area contributed by atoms with Crippen molar-refractivity contribution in [2.24, 2.45) is 0 Å². The topological polar surface area (TPSA) is 49.3 Å². The van der Waals surface area contributed by atoms with Crippen LogP contribution in [0, 0.1) is 0 Å². The fourth-order valence-electron chi connectivity index (χ4n) is 1.62. The number of hydrogen-bond donors (Lipinski definition) is 2. The lowest BCUT2D eigenvalue weighted by molar-refractivity contribution is -0.131. The maximum atomic E-state index is 10.3. The molecule has 1 aromatic heterocycles. The first-order valence-electron chi connectivity index (χ1n) is 5.32. The fraction of sp³-hybridized carbons (Fsp3) is 0.154. The van der Waals surface area contributed by atoms with Crippen LogP contribution in [-0.4, -0.2) is 17.6 Å². The first kappa shape index (κ1) is 11.8. The Morgan fingerprint density at radius 3 is 3.06 bits per heavy atom. The van der Waals surface area contributed by atoms with Gasteiger partial charge in [-0.25, -0.2) is 4.79 Å². The molecule has 2 aromatic rings. The average Bonchev–Trinajstić information content (AvgIpc) is 2.72. The maximum Gasteiger partial charge on any atom is 0.328 e. The standard InChI is InChI=1S/C13H13NO2S/c15-13(16)6-3-7-14-8-10-9-17-12-5-2-1-4-11(10)12/h1-6,9,14H,7-8H2,(H,15,16)/b6-3+. The second-order valence-electron chi connectivity index (χ2n) is 3.63. The van der Waals surface area contributed by atoms with E-state index in [-0.39, 0.29) is 0 Å². The predicted octanol–water partition coefficient (Wildman–Crippen LogP) is 2.63. The van der Waals surface area contributed by atoms with Gasteiger partial charge in [-0.2, -0.15) is 0 Å². The summed E-state index contributed by atoms with van der Waals surface area (Å²) in [7, 11) is 0. The van der Waals surface area contributed by atoms with Gasteiger partial charge in [0.15, 0.2) is 0 Å². The number of benzene rings is 1. The van der Waals surface area contributed by atoms with E-state index >= 15 is 0 Å². The lowest BCUT2D eigenvalue weighted by atomic mass is 10.2. The first-order valence-corrected chi connectivity index (χ1v) is 6.20. The van der Waals surface area contributed by atoms with E-state index in [9.17, 15) is 4.79 Å². The highest BCUT2D eigenvalue weighted by Crippen LogP contribution is 2.25. The largest absolute Gasteiger partial charge is 0.478 e. The summed E-state index contributed by atoms with van der Waals surface area (Å²) in [5.74, 6) is -0.909. The van der Waals surface area contributed by atoms with E-state index in [2.05, 4.69) is 22.8 Å². The summed E-state index contributed by atoms with van der Waals surface area (Å²) in [6.07, 6.45) is 2.76. The van der Waals surface area contributed by atoms with Gasteiger partial charge in [-0.15, -0.1) is 11.3 Å². The van der Waals surface area contributed by atoms with E-state index in [1.807, 2.05) is 12.1 Å². The SMILES string of the molecule is O=C(O)/C=C/CNCc1csc2ccccc12. The van der Waals surface area contributed by atoms with Gasteiger partial charge < -0.3 is 10.4 Å². The van der Waals surface area contributed by atoms with Crippen LogP contribution in [0.15, 0.2) is 41.8 Å². The van der Waals surface area contributed by atoms with Gasteiger partial charge in [0.1, 0.15) is 0 Å². The monoisotopic (exact) mass is 247 g/mol. The summed E-state index contributed by atoms with van der Waals surface area (Å²) in [6.45, 7) is 1.32. The van der Waals surface area contributed by atoms with E-state index in [0.29, 0.717) is 6.54 Å². The zero-order valence-electron chi connectivity index (χ0n) is 9.22. The highest BCUT2D eigenvalue weighted by molar-refractivity contribution is 7.17. The highest BCUT2D eigenvalue weighted by atomic mass is 32.1. The quantitative estimate of drug-likeness (QED) is 0.631. The van der Waals surface area contributed by atoms with Crippen molar-refractivity contribution in [3.05, 3.63) is 47.4 Å². The number of thiophene rings is 1. The van der Waals surface area contributed by atoms with Crippen LogP contribution in [0.4, 0.5) is 0 Å². The molecule has 1 aromatic carbocycles. The predicted molar refractivity (Wildman–Crippen MR) is 70.3 cm³/mol. The lowest BCUT2D eigenvalue weighted by Gasteiger charge is -2.00. The van der Waals surface area contributed by atoms with Crippen LogP contribution in [-0.2, 0) is 11.3 Å². The van der Waals surface area contributed by atoms with Crippen molar-refractivity contribution in [2.75, 3.05) is 6.54 Å². The summed E-state index contributed by atoms with van der Waals surface area (Å²) >= 11 is 1.73. The van der Waals surface area contributed by atoms with Crippen molar-refractivity contribution in [1.82, 2.24) is 5.32 Å². The molecule has 88 valence electrons. The zero-order valence-corrected chi connectivity index (χ0v) is 10.0. The minimum atomic E-state index is -0.909. The second-order valence-corrected chi connectivity index (χ2v) is 4.54. The molecule has 0 radical (unpaired) electrons. The number of carboxylic acid groups (broad SMARTS) is 1. The molecule has 17 heavy (non-hydrogen) atoms. The van der Waals surface area contributed by atoms with Gasteiger partial charge in [-0.1, -0.05) is 24.3 Å². The second kappa shape index (κ2) is 5.61. The normalized spacial score (nSPS) is 11.3. The molecule has 0 amide bonds. The van der Waals surface area contributed by atoms with E-state index < -0.39 is 5.97 Å². The van der Waals surface area contributed by atoms with Crippen LogP contribution in [0.3, 0.4) is 0 Å². The van der Waals surface area contributed by atoms with E-state index in [4.69, 9.17) is 5.11 Å². The summed E-state index contributed by atoms with van der Waals surface area (Å²) in [5.41, 5.74) is 1.26. The Hall–Kier alpha value is -1.65. The van der Waals surface area contributed by atoms with Gasteiger partial charge in [0.05, 0.1) is 0 Å². The highest BCUT2D eigenvalue weighted by Gasteiger charge is 2.01. The molecule has 0 aliphatic carbocycles. The third-order valence-corrected chi connectivity index (χ3v) is 3.41. The summed E-state index contributed by atoms with van der Waals surface area (Å²) in [6, 6.07) is 8.28. The molecule has 0 atom stereocenters. The van der Waals surface area contributed by atoms with Crippen molar-refractivity contribution >= 4 is 27.4 Å². The van der Waals surface area contributed by atoms with Crippen LogP contribution in [0.5, 0.6) is 0 Å². The lowest BCUT2D eigenvalue weighted by Crippen LogP contribution is -2.12. The minimum absolute atomic E-state index is 0.566. The number of nitrogens with one attached hydrogen (secondary N) is 1. The number of carbonyl (C=O) groups is 1. The molecule has 0 spiro atoms. The van der Waals surface area contributed by atoms with Crippen molar-refractivity contribution in [3.63, 3.8) is 0 Å². The molecular weight excluding hydrogens is 234 g/mol. The van der Waals surface area contributed by atoms with Crippen molar-refractivity contribution in [3.8, 4) is 0 Å². The van der Waals surface area contributed by atoms with Gasteiger partial charge in [-0.3, -0.25) is 0 Å². The summed E-state index contributed by atoms with van der Waals surface area (Å²) in [4.78, 5) is 10.3. The average molecular weight is 247 g/mol. The molecule has 4 heteroatoms. The Balaban J connectivity index is 1.93. The molecule has 2 rings (SSSR count). The van der Waals surface area contributed by atoms with E-state index in [1.165, 1.54) is 15.6 Å². The van der Waals surface area contributed by atoms with E-state index in [1.54, 1.807) is 17.4 Å². The smallest absolute Gasteiger partial charge is 0.328 e. The molecule has 1 heterocycles. The number of aliphatic carboxylic acids is 1. The Kier molecular flexibility index (Phi) is 3.90. The first-order chi connectivity index (χ1) is 8.27. The molecule has 0 aliphatic heterocycles. The Morgan fingerprint density at radius 1 is 1.41 bits per heavy atom. The van der Waals surface area contributed by atoms with Gasteiger partial charge in [0.2, 0.25) is 0 Å². The molecule has 0 aliphatic rings. The number of hydrogen-bond acceptors (Lipinski definition) is 3. The molecule has 0 fully saturated rings. The Morgan fingerprint density at radius 2 is 2.24 bits per heavy atom. The number of rotatable bonds is 5. The van der Waals surface area contributed by atoms with Crippen LogP contribution >= 0.6 is 11.3 Å². The number of carboxylic acids is 1.